The van der Waals surface area contributed by atoms with Crippen LogP contribution in [0.25, 0.3) is 16.9 Å². The Morgan fingerprint density at radius 3 is 2.49 bits per heavy atom. The van der Waals surface area contributed by atoms with Gasteiger partial charge in [0.2, 0.25) is 11.8 Å². The van der Waals surface area contributed by atoms with Crippen molar-refractivity contribution in [3.8, 4) is 16.9 Å². The Morgan fingerprint density at radius 1 is 1.05 bits per heavy atom. The van der Waals surface area contributed by atoms with E-state index in [2.05, 4.69) is 10.3 Å². The third-order valence-corrected chi connectivity index (χ3v) is 8.68. The van der Waals surface area contributed by atoms with Crippen molar-refractivity contribution in [2.24, 2.45) is 0 Å². The van der Waals surface area contributed by atoms with E-state index >= 15 is 0 Å². The lowest BCUT2D eigenvalue weighted by molar-refractivity contribution is -0.123. The van der Waals surface area contributed by atoms with Crippen LogP contribution in [0.1, 0.15) is 27.5 Å². The summed E-state index contributed by atoms with van der Waals surface area (Å²) in [6.07, 6.45) is 3.35. The molecule has 0 spiro atoms. The van der Waals surface area contributed by atoms with Crippen molar-refractivity contribution < 1.29 is 14.0 Å². The Labute approximate surface area is 257 Å². The van der Waals surface area contributed by atoms with Gasteiger partial charge in [-0.1, -0.05) is 59.6 Å². The third kappa shape index (κ3) is 6.18. The van der Waals surface area contributed by atoms with E-state index in [0.717, 1.165) is 33.5 Å². The van der Waals surface area contributed by atoms with Crippen molar-refractivity contribution in [1.29, 1.82) is 0 Å². The van der Waals surface area contributed by atoms with Gasteiger partial charge in [0.25, 0.3) is 0 Å². The second-order valence-corrected chi connectivity index (χ2v) is 11.7. The number of hydrogen-bond donors (Lipinski definition) is 1. The van der Waals surface area contributed by atoms with Crippen LogP contribution in [0.4, 0.5) is 10.2 Å². The number of aryl methyl sites for hydroxylation is 1. The summed E-state index contributed by atoms with van der Waals surface area (Å²) in [7, 11) is 0. The SMILES string of the molecule is Cc1ccc(-n2nc(-c3ccc(Cl)cc3)c3c2N(CC(=O)NCc2cccnc2)C(=O)CS[C@H]3c2ccc(F)cc2)cc1. The van der Waals surface area contributed by atoms with Gasteiger partial charge < -0.3 is 5.32 Å². The second kappa shape index (κ2) is 12.4. The molecule has 0 radical (unpaired) electrons. The summed E-state index contributed by atoms with van der Waals surface area (Å²) in [6.45, 7) is 2.07. The summed E-state index contributed by atoms with van der Waals surface area (Å²) in [4.78, 5) is 32.8. The number of fused-ring (bicyclic) bond motifs is 1. The summed E-state index contributed by atoms with van der Waals surface area (Å²) in [5.74, 6) is -0.296. The van der Waals surface area contributed by atoms with Crippen molar-refractivity contribution in [2.75, 3.05) is 17.2 Å². The number of benzene rings is 3. The predicted molar refractivity (Wildman–Crippen MR) is 168 cm³/mol. The van der Waals surface area contributed by atoms with Crippen molar-refractivity contribution >= 4 is 41.0 Å². The highest BCUT2D eigenvalue weighted by molar-refractivity contribution is 8.00. The Balaban J connectivity index is 1.52. The van der Waals surface area contributed by atoms with Crippen molar-refractivity contribution in [2.45, 2.75) is 18.7 Å². The van der Waals surface area contributed by atoms with E-state index in [9.17, 15) is 14.0 Å². The molecule has 2 amide bonds. The van der Waals surface area contributed by atoms with Gasteiger partial charge in [0.1, 0.15) is 18.2 Å². The average Bonchev–Trinajstić information content (AvgIpc) is 3.34. The molecule has 0 aliphatic carbocycles. The van der Waals surface area contributed by atoms with Crippen molar-refractivity contribution in [3.63, 3.8) is 0 Å². The van der Waals surface area contributed by atoms with Gasteiger partial charge in [-0.25, -0.2) is 9.07 Å². The molecule has 0 saturated heterocycles. The Hall–Kier alpha value is -4.47. The fraction of sp³-hybridized carbons (Fsp3) is 0.152. The molecule has 1 atom stereocenters. The number of nitrogens with one attached hydrogen (secondary N) is 1. The summed E-state index contributed by atoms with van der Waals surface area (Å²) in [6, 6.07) is 25.1. The minimum atomic E-state index is -0.368. The molecule has 2 aromatic heterocycles. The van der Waals surface area contributed by atoms with Crippen LogP contribution >= 0.6 is 23.4 Å². The maximum absolute atomic E-state index is 14.0. The first-order chi connectivity index (χ1) is 20.9. The normalized spacial score (nSPS) is 14.7. The summed E-state index contributed by atoms with van der Waals surface area (Å²) in [5, 5.41) is 8.19. The molecular formula is C33H27ClFN5O2S. The van der Waals surface area contributed by atoms with Gasteiger partial charge in [0.05, 0.1) is 22.4 Å². The molecule has 1 aliphatic rings. The molecular weight excluding hydrogens is 585 g/mol. The zero-order chi connectivity index (χ0) is 29.9. The zero-order valence-corrected chi connectivity index (χ0v) is 24.8. The van der Waals surface area contributed by atoms with Crippen LogP contribution in [0, 0.1) is 12.7 Å². The van der Waals surface area contributed by atoms with Gasteiger partial charge in [-0.15, -0.1) is 11.8 Å². The Bertz CT molecular complexity index is 1760. The number of carbonyl (C=O) groups excluding carboxylic acids is 2. The molecule has 0 unspecified atom stereocenters. The van der Waals surface area contributed by atoms with Crippen LogP contribution < -0.4 is 10.2 Å². The highest BCUT2D eigenvalue weighted by atomic mass is 35.5. The van der Waals surface area contributed by atoms with Gasteiger partial charge in [0, 0.05) is 35.1 Å². The smallest absolute Gasteiger partial charge is 0.240 e. The van der Waals surface area contributed by atoms with Gasteiger partial charge >= 0.3 is 0 Å². The minimum absolute atomic E-state index is 0.112. The summed E-state index contributed by atoms with van der Waals surface area (Å²) >= 11 is 7.66. The summed E-state index contributed by atoms with van der Waals surface area (Å²) in [5.41, 5.74) is 5.68. The van der Waals surface area contributed by atoms with E-state index in [1.807, 2.05) is 49.4 Å². The second-order valence-electron chi connectivity index (χ2n) is 10.2. The summed E-state index contributed by atoms with van der Waals surface area (Å²) < 4.78 is 15.7. The molecule has 5 aromatic rings. The lowest BCUT2D eigenvalue weighted by Crippen LogP contribution is -2.42. The maximum Gasteiger partial charge on any atom is 0.240 e. The van der Waals surface area contributed by atoms with Gasteiger partial charge in [0.15, 0.2) is 0 Å². The molecule has 1 aliphatic heterocycles. The minimum Gasteiger partial charge on any atom is -0.350 e. The molecule has 3 heterocycles. The third-order valence-electron chi connectivity index (χ3n) is 7.17. The molecule has 216 valence electrons. The fourth-order valence-corrected chi connectivity index (χ4v) is 6.33. The van der Waals surface area contributed by atoms with Crippen LogP contribution in [0.2, 0.25) is 5.02 Å². The molecule has 10 heteroatoms. The first-order valence-corrected chi connectivity index (χ1v) is 15.1. The number of hydrogen-bond acceptors (Lipinski definition) is 5. The number of aromatic nitrogens is 3. The highest BCUT2D eigenvalue weighted by Gasteiger charge is 2.37. The number of pyridine rings is 1. The molecule has 7 nitrogen and oxygen atoms in total. The van der Waals surface area contributed by atoms with Crippen molar-refractivity contribution in [3.05, 3.63) is 130 Å². The number of nitrogens with zero attached hydrogens (tertiary/aromatic N) is 4. The van der Waals surface area contributed by atoms with Gasteiger partial charge in [-0.3, -0.25) is 19.5 Å². The van der Waals surface area contributed by atoms with E-state index in [1.165, 1.54) is 28.8 Å². The number of carbonyl (C=O) groups is 2. The highest BCUT2D eigenvalue weighted by Crippen LogP contribution is 2.48. The lowest BCUT2D eigenvalue weighted by Gasteiger charge is -2.23. The number of rotatable bonds is 7. The van der Waals surface area contributed by atoms with E-state index < -0.39 is 0 Å². The number of halogens is 2. The molecule has 43 heavy (non-hydrogen) atoms. The van der Waals surface area contributed by atoms with Crippen LogP contribution in [0.5, 0.6) is 0 Å². The fourth-order valence-electron chi connectivity index (χ4n) is 5.01. The number of anilines is 1. The number of thioether (sulfide) groups is 1. The molecule has 1 N–H and O–H groups in total. The van der Waals surface area contributed by atoms with E-state index in [0.29, 0.717) is 16.5 Å². The Kier molecular flexibility index (Phi) is 8.26. The van der Waals surface area contributed by atoms with Crippen LogP contribution in [-0.2, 0) is 16.1 Å². The Morgan fingerprint density at radius 2 is 1.79 bits per heavy atom. The zero-order valence-electron chi connectivity index (χ0n) is 23.2. The largest absolute Gasteiger partial charge is 0.350 e. The van der Waals surface area contributed by atoms with E-state index in [4.69, 9.17) is 16.7 Å². The van der Waals surface area contributed by atoms with Crippen LogP contribution in [0.15, 0.2) is 97.3 Å². The van der Waals surface area contributed by atoms with E-state index in [1.54, 1.807) is 47.4 Å². The molecule has 0 saturated carbocycles. The number of amides is 2. The van der Waals surface area contributed by atoms with Crippen molar-refractivity contribution in [1.82, 2.24) is 20.1 Å². The van der Waals surface area contributed by atoms with Crippen LogP contribution in [0.3, 0.4) is 0 Å². The molecule has 0 fully saturated rings. The van der Waals surface area contributed by atoms with Gasteiger partial charge in [-0.05, 0) is 60.5 Å². The van der Waals surface area contributed by atoms with Gasteiger partial charge in [-0.2, -0.15) is 5.10 Å². The lowest BCUT2D eigenvalue weighted by atomic mass is 9.99. The van der Waals surface area contributed by atoms with Crippen LogP contribution in [-0.4, -0.2) is 38.9 Å². The topological polar surface area (TPSA) is 80.1 Å². The van der Waals surface area contributed by atoms with E-state index in [-0.39, 0.29) is 41.7 Å². The molecule has 3 aromatic carbocycles. The molecule has 6 rings (SSSR count). The first kappa shape index (κ1) is 28.6. The standard InChI is InChI=1S/C33H27ClFN5O2S/c1-21-4-14-27(15-5-21)40-33-30(31(38-40)23-6-10-25(34)11-7-23)32(24-8-12-26(35)13-9-24)43-20-29(42)39(33)19-28(41)37-18-22-3-2-16-36-17-22/h2-17,32H,18-20H2,1H3,(H,37,41)/t32-/m0/s1. The maximum atomic E-state index is 14.0. The molecule has 0 bridgehead atoms. The average molecular weight is 612 g/mol. The quantitative estimate of drug-likeness (QED) is 0.227. The predicted octanol–water partition coefficient (Wildman–Crippen LogP) is 6.52. The monoisotopic (exact) mass is 611 g/mol. The first-order valence-electron chi connectivity index (χ1n) is 13.7.